The Morgan fingerprint density at radius 2 is 1.87 bits per heavy atom. The van der Waals surface area contributed by atoms with Crippen LogP contribution in [0.2, 0.25) is 0 Å². The van der Waals surface area contributed by atoms with Crippen LogP contribution in [-0.2, 0) is 17.8 Å². The molecule has 0 bridgehead atoms. The van der Waals surface area contributed by atoms with E-state index in [4.69, 9.17) is 14.5 Å². The van der Waals surface area contributed by atoms with Crippen LogP contribution >= 0.6 is 24.0 Å². The van der Waals surface area contributed by atoms with Gasteiger partial charge in [-0.25, -0.2) is 4.99 Å². The average Bonchev–Trinajstić information content (AvgIpc) is 2.77. The van der Waals surface area contributed by atoms with Crippen molar-refractivity contribution in [2.24, 2.45) is 4.99 Å². The van der Waals surface area contributed by atoms with E-state index in [1.807, 2.05) is 36.5 Å². The highest BCUT2D eigenvalue weighted by Gasteiger charge is 2.06. The lowest BCUT2D eigenvalue weighted by molar-refractivity contribution is 0.145. The van der Waals surface area contributed by atoms with Gasteiger partial charge in [0, 0.05) is 37.3 Å². The Hall–Kier alpha value is -2.39. The molecular formula is C24H31IN4O2. The summed E-state index contributed by atoms with van der Waals surface area (Å²) < 4.78 is 11.0. The van der Waals surface area contributed by atoms with Crippen LogP contribution in [0.25, 0.3) is 10.9 Å². The van der Waals surface area contributed by atoms with Gasteiger partial charge in [0.05, 0.1) is 18.7 Å². The summed E-state index contributed by atoms with van der Waals surface area (Å²) in [5.74, 6) is 1.62. The van der Waals surface area contributed by atoms with Gasteiger partial charge in [-0.1, -0.05) is 30.3 Å². The molecule has 0 amide bonds. The Morgan fingerprint density at radius 1 is 1.03 bits per heavy atom. The molecule has 0 atom stereocenters. The molecule has 7 heteroatoms. The number of fused-ring (bicyclic) bond motifs is 1. The van der Waals surface area contributed by atoms with E-state index in [0.29, 0.717) is 26.3 Å². The molecule has 0 saturated carbocycles. The van der Waals surface area contributed by atoms with Crippen molar-refractivity contribution in [3.8, 4) is 5.75 Å². The van der Waals surface area contributed by atoms with Gasteiger partial charge in [-0.3, -0.25) is 4.98 Å². The summed E-state index contributed by atoms with van der Waals surface area (Å²) in [7, 11) is 1.67. The van der Waals surface area contributed by atoms with Crippen LogP contribution in [-0.4, -0.2) is 37.8 Å². The summed E-state index contributed by atoms with van der Waals surface area (Å²) in [5, 5.41) is 7.90. The fraction of sp³-hybridized carbons (Fsp3) is 0.333. The van der Waals surface area contributed by atoms with Crippen molar-refractivity contribution >= 4 is 40.8 Å². The van der Waals surface area contributed by atoms with Gasteiger partial charge in [-0.15, -0.1) is 24.0 Å². The lowest BCUT2D eigenvalue weighted by Gasteiger charge is -2.14. The molecule has 1 heterocycles. The second-order valence-corrected chi connectivity index (χ2v) is 6.99. The summed E-state index contributed by atoms with van der Waals surface area (Å²) in [5.41, 5.74) is 4.38. The van der Waals surface area contributed by atoms with Crippen molar-refractivity contribution in [2.75, 3.05) is 26.9 Å². The van der Waals surface area contributed by atoms with Crippen LogP contribution in [0.4, 0.5) is 0 Å². The van der Waals surface area contributed by atoms with E-state index in [0.717, 1.165) is 40.3 Å². The number of hydrogen-bond acceptors (Lipinski definition) is 4. The molecule has 2 aromatic carbocycles. The highest BCUT2D eigenvalue weighted by atomic mass is 127. The Kier molecular flexibility index (Phi) is 10.5. The van der Waals surface area contributed by atoms with E-state index in [2.05, 4.69) is 47.7 Å². The standard InChI is InChI=1S/C24H30N4O2.HI/c1-4-25-24(27-16-19-11-12-26-22-8-6-5-7-21(19)22)28-17-20-10-9-18(2)15-23(20)30-14-13-29-3;/h5-12,15H,4,13-14,16-17H2,1-3H3,(H2,25,27,28);1H. The van der Waals surface area contributed by atoms with Gasteiger partial charge in [0.25, 0.3) is 0 Å². The minimum absolute atomic E-state index is 0. The topological polar surface area (TPSA) is 67.8 Å². The largest absolute Gasteiger partial charge is 0.491 e. The highest BCUT2D eigenvalue weighted by Crippen LogP contribution is 2.21. The number of ether oxygens (including phenoxy) is 2. The van der Waals surface area contributed by atoms with Crippen molar-refractivity contribution in [3.05, 3.63) is 71.4 Å². The number of rotatable bonds is 9. The number of para-hydroxylation sites is 1. The second-order valence-electron chi connectivity index (χ2n) is 6.99. The van der Waals surface area contributed by atoms with Gasteiger partial charge in [0.15, 0.2) is 5.96 Å². The summed E-state index contributed by atoms with van der Waals surface area (Å²) >= 11 is 0. The van der Waals surface area contributed by atoms with Crippen LogP contribution < -0.4 is 15.4 Å². The van der Waals surface area contributed by atoms with E-state index in [1.54, 1.807) is 7.11 Å². The van der Waals surface area contributed by atoms with Crippen molar-refractivity contribution in [1.29, 1.82) is 0 Å². The van der Waals surface area contributed by atoms with Gasteiger partial charge in [-0.2, -0.15) is 0 Å². The molecule has 0 spiro atoms. The molecule has 3 aromatic rings. The fourth-order valence-electron chi connectivity index (χ4n) is 3.16. The van der Waals surface area contributed by atoms with Crippen molar-refractivity contribution in [2.45, 2.75) is 26.9 Å². The number of nitrogens with zero attached hydrogens (tertiary/aromatic N) is 2. The summed E-state index contributed by atoms with van der Waals surface area (Å²) in [6.45, 7) is 7.17. The van der Waals surface area contributed by atoms with E-state index < -0.39 is 0 Å². The smallest absolute Gasteiger partial charge is 0.191 e. The lowest BCUT2D eigenvalue weighted by atomic mass is 10.1. The molecule has 0 unspecified atom stereocenters. The number of aliphatic imine (C=N–C) groups is 1. The van der Waals surface area contributed by atoms with Gasteiger partial charge in [0.1, 0.15) is 12.4 Å². The van der Waals surface area contributed by atoms with Crippen molar-refractivity contribution in [3.63, 3.8) is 0 Å². The van der Waals surface area contributed by atoms with Crippen LogP contribution in [0.15, 0.2) is 59.7 Å². The van der Waals surface area contributed by atoms with Gasteiger partial charge in [-0.05, 0) is 43.2 Å². The molecule has 0 fully saturated rings. The summed E-state index contributed by atoms with van der Waals surface area (Å²) in [6.07, 6.45) is 1.85. The Labute approximate surface area is 201 Å². The lowest BCUT2D eigenvalue weighted by Crippen LogP contribution is -2.36. The third-order valence-electron chi connectivity index (χ3n) is 4.71. The molecule has 0 aliphatic carbocycles. The third kappa shape index (κ3) is 7.36. The SMILES string of the molecule is CCNC(=NCc1ccc(C)cc1OCCOC)NCc1ccnc2ccccc12.I. The normalized spacial score (nSPS) is 11.1. The zero-order chi connectivity index (χ0) is 21.2. The van der Waals surface area contributed by atoms with Crippen molar-refractivity contribution < 1.29 is 9.47 Å². The number of methoxy groups -OCH3 is 1. The van der Waals surface area contributed by atoms with Crippen LogP contribution in [0.5, 0.6) is 5.75 Å². The first-order valence-electron chi connectivity index (χ1n) is 10.3. The molecule has 166 valence electrons. The molecule has 6 nitrogen and oxygen atoms in total. The van der Waals surface area contributed by atoms with E-state index in [9.17, 15) is 0 Å². The van der Waals surface area contributed by atoms with Crippen LogP contribution in [0.1, 0.15) is 23.6 Å². The molecule has 31 heavy (non-hydrogen) atoms. The number of hydrogen-bond donors (Lipinski definition) is 2. The van der Waals surface area contributed by atoms with Gasteiger partial charge in [0.2, 0.25) is 0 Å². The minimum atomic E-state index is 0. The highest BCUT2D eigenvalue weighted by molar-refractivity contribution is 14.0. The summed E-state index contributed by atoms with van der Waals surface area (Å²) in [6, 6.07) is 16.4. The molecule has 3 rings (SSSR count). The van der Waals surface area contributed by atoms with E-state index in [1.165, 1.54) is 5.56 Å². The molecule has 0 aliphatic heterocycles. The zero-order valence-electron chi connectivity index (χ0n) is 18.4. The number of pyridine rings is 1. The molecule has 2 N–H and O–H groups in total. The quantitative estimate of drug-likeness (QED) is 0.184. The maximum atomic E-state index is 5.89. The first kappa shape index (κ1) is 24.9. The predicted octanol–water partition coefficient (Wildman–Crippen LogP) is 4.44. The number of nitrogens with one attached hydrogen (secondary N) is 2. The Bertz CT molecular complexity index is 989. The Morgan fingerprint density at radius 3 is 2.68 bits per heavy atom. The number of guanidine groups is 1. The monoisotopic (exact) mass is 534 g/mol. The van der Waals surface area contributed by atoms with Crippen LogP contribution in [0, 0.1) is 6.92 Å². The zero-order valence-corrected chi connectivity index (χ0v) is 20.7. The third-order valence-corrected chi connectivity index (χ3v) is 4.71. The van der Waals surface area contributed by atoms with Gasteiger partial charge >= 0.3 is 0 Å². The number of halogens is 1. The van der Waals surface area contributed by atoms with Crippen molar-refractivity contribution in [1.82, 2.24) is 15.6 Å². The number of aromatic nitrogens is 1. The number of benzene rings is 2. The maximum Gasteiger partial charge on any atom is 0.191 e. The van der Waals surface area contributed by atoms with E-state index >= 15 is 0 Å². The average molecular weight is 534 g/mol. The first-order chi connectivity index (χ1) is 14.7. The maximum absolute atomic E-state index is 5.89. The molecule has 0 radical (unpaired) electrons. The second kappa shape index (κ2) is 13.1. The molecule has 0 saturated heterocycles. The fourth-order valence-corrected chi connectivity index (χ4v) is 3.16. The number of aryl methyl sites for hydroxylation is 1. The summed E-state index contributed by atoms with van der Waals surface area (Å²) in [4.78, 5) is 9.20. The molecular weight excluding hydrogens is 503 g/mol. The first-order valence-corrected chi connectivity index (χ1v) is 10.3. The minimum Gasteiger partial charge on any atom is -0.491 e. The predicted molar refractivity (Wildman–Crippen MR) is 137 cm³/mol. The Balaban J connectivity index is 0.00000341. The van der Waals surface area contributed by atoms with Gasteiger partial charge < -0.3 is 20.1 Å². The molecule has 0 aliphatic rings. The van der Waals surface area contributed by atoms with Crippen LogP contribution in [0.3, 0.4) is 0 Å². The van der Waals surface area contributed by atoms with E-state index in [-0.39, 0.29) is 24.0 Å². The molecule has 1 aromatic heterocycles.